The van der Waals surface area contributed by atoms with Crippen molar-refractivity contribution in [2.75, 3.05) is 0 Å². The van der Waals surface area contributed by atoms with E-state index >= 15 is 0 Å². The van der Waals surface area contributed by atoms with Crippen molar-refractivity contribution < 1.29 is 34.1 Å². The third-order valence-corrected chi connectivity index (χ3v) is 3.47. The number of amides is 1. The number of aromatic carboxylic acids is 1. The minimum Gasteiger partial charge on any atom is -0.506 e. The molecule has 8 heteroatoms. The molecule has 0 aliphatic carbocycles. The summed E-state index contributed by atoms with van der Waals surface area (Å²) in [5.41, 5.74) is -0.410. The molecule has 1 unspecified atom stereocenters. The number of hydrogen-bond donors (Lipinski definition) is 4. The van der Waals surface area contributed by atoms with Gasteiger partial charge in [0.1, 0.15) is 17.1 Å². The van der Waals surface area contributed by atoms with E-state index in [4.69, 9.17) is 10.2 Å². The number of carbonyl (C=O) groups excluding carboxylic acids is 1. The molecule has 0 bridgehead atoms. The van der Waals surface area contributed by atoms with Crippen molar-refractivity contribution in [3.8, 4) is 5.75 Å². The molecule has 0 saturated carbocycles. The van der Waals surface area contributed by atoms with Gasteiger partial charge >= 0.3 is 11.9 Å². The minimum atomic E-state index is -1.41. The molecule has 4 N–H and O–H groups in total. The van der Waals surface area contributed by atoms with Crippen molar-refractivity contribution >= 4 is 17.8 Å². The van der Waals surface area contributed by atoms with Crippen LogP contribution >= 0.6 is 0 Å². The molecule has 2 aromatic carbocycles. The van der Waals surface area contributed by atoms with Crippen LogP contribution in [0.3, 0.4) is 0 Å². The third-order valence-electron chi connectivity index (χ3n) is 3.47. The van der Waals surface area contributed by atoms with E-state index in [0.717, 1.165) is 18.2 Å². The first-order valence-electron chi connectivity index (χ1n) is 7.13. The van der Waals surface area contributed by atoms with Gasteiger partial charge < -0.3 is 20.6 Å². The molecule has 25 heavy (non-hydrogen) atoms. The van der Waals surface area contributed by atoms with Crippen molar-refractivity contribution in [2.24, 2.45) is 0 Å². The van der Waals surface area contributed by atoms with Crippen LogP contribution in [0.4, 0.5) is 4.39 Å². The molecular weight excluding hydrogens is 333 g/mol. The van der Waals surface area contributed by atoms with E-state index in [9.17, 15) is 23.9 Å². The van der Waals surface area contributed by atoms with Gasteiger partial charge in [-0.2, -0.15) is 0 Å². The second-order valence-electron chi connectivity index (χ2n) is 5.18. The topological polar surface area (TPSA) is 124 Å². The molecular formula is C17H14FNO6. The Bertz CT molecular complexity index is 818. The first-order chi connectivity index (χ1) is 11.8. The SMILES string of the molecule is O=C(O)CC(NC(=O)c1cccc(C(=O)O)c1O)c1ccc(F)cc1. The molecule has 7 nitrogen and oxygen atoms in total. The number of phenols is 1. The number of halogens is 1. The fourth-order valence-corrected chi connectivity index (χ4v) is 2.26. The molecule has 0 radical (unpaired) electrons. The Morgan fingerprint density at radius 2 is 1.60 bits per heavy atom. The number of hydrogen-bond acceptors (Lipinski definition) is 4. The van der Waals surface area contributed by atoms with Gasteiger partial charge in [0.05, 0.1) is 18.0 Å². The lowest BCUT2D eigenvalue weighted by atomic mass is 10.0. The summed E-state index contributed by atoms with van der Waals surface area (Å²) in [6, 6.07) is 7.54. The maximum atomic E-state index is 13.0. The van der Waals surface area contributed by atoms with Crippen LogP contribution < -0.4 is 5.32 Å². The monoisotopic (exact) mass is 347 g/mol. The molecule has 0 spiro atoms. The Labute approximate surface area is 141 Å². The number of carbonyl (C=O) groups is 3. The Hall–Kier alpha value is -3.42. The van der Waals surface area contributed by atoms with Gasteiger partial charge in [-0.05, 0) is 29.8 Å². The first-order valence-corrected chi connectivity index (χ1v) is 7.13. The number of carboxylic acids is 2. The van der Waals surface area contributed by atoms with Gasteiger partial charge in [-0.25, -0.2) is 9.18 Å². The van der Waals surface area contributed by atoms with Crippen molar-refractivity contribution in [1.29, 1.82) is 0 Å². The van der Waals surface area contributed by atoms with Gasteiger partial charge in [0.2, 0.25) is 0 Å². The van der Waals surface area contributed by atoms with Crippen molar-refractivity contribution in [1.82, 2.24) is 5.32 Å². The van der Waals surface area contributed by atoms with E-state index in [1.807, 2.05) is 0 Å². The molecule has 2 rings (SSSR count). The molecule has 0 saturated heterocycles. The fourth-order valence-electron chi connectivity index (χ4n) is 2.26. The summed E-state index contributed by atoms with van der Waals surface area (Å²) in [4.78, 5) is 34.4. The zero-order valence-electron chi connectivity index (χ0n) is 12.8. The second kappa shape index (κ2) is 7.43. The minimum absolute atomic E-state index is 0.308. The second-order valence-corrected chi connectivity index (χ2v) is 5.18. The molecule has 0 aromatic heterocycles. The van der Waals surface area contributed by atoms with Gasteiger partial charge in [-0.15, -0.1) is 0 Å². The summed E-state index contributed by atoms with van der Waals surface area (Å²) in [5, 5.41) is 30.3. The molecule has 0 fully saturated rings. The lowest BCUT2D eigenvalue weighted by Crippen LogP contribution is -2.30. The zero-order chi connectivity index (χ0) is 18.6. The molecule has 1 amide bonds. The number of benzene rings is 2. The molecule has 0 aliphatic rings. The lowest BCUT2D eigenvalue weighted by Gasteiger charge is -2.18. The van der Waals surface area contributed by atoms with Gasteiger partial charge in [-0.1, -0.05) is 18.2 Å². The van der Waals surface area contributed by atoms with Crippen LogP contribution in [0, 0.1) is 5.82 Å². The first kappa shape index (κ1) is 17.9. The highest BCUT2D eigenvalue weighted by atomic mass is 19.1. The van der Waals surface area contributed by atoms with Crippen LogP contribution in [0.2, 0.25) is 0 Å². The van der Waals surface area contributed by atoms with Gasteiger partial charge in [0.15, 0.2) is 0 Å². The Morgan fingerprint density at radius 3 is 2.16 bits per heavy atom. The van der Waals surface area contributed by atoms with Gasteiger partial charge in [-0.3, -0.25) is 9.59 Å². The third kappa shape index (κ3) is 4.31. The Kier molecular flexibility index (Phi) is 5.33. The van der Waals surface area contributed by atoms with Crippen LogP contribution in [0.15, 0.2) is 42.5 Å². The van der Waals surface area contributed by atoms with Crippen LogP contribution in [0.1, 0.15) is 38.7 Å². The maximum Gasteiger partial charge on any atom is 0.339 e. The predicted molar refractivity (Wildman–Crippen MR) is 83.9 cm³/mol. The summed E-state index contributed by atoms with van der Waals surface area (Å²) in [5.74, 6) is -4.70. The average molecular weight is 347 g/mol. The zero-order valence-corrected chi connectivity index (χ0v) is 12.8. The van der Waals surface area contributed by atoms with E-state index in [0.29, 0.717) is 5.56 Å². The van der Waals surface area contributed by atoms with Crippen LogP contribution in [0.25, 0.3) is 0 Å². The molecule has 0 heterocycles. The lowest BCUT2D eigenvalue weighted by molar-refractivity contribution is -0.137. The van der Waals surface area contributed by atoms with Crippen LogP contribution in [0.5, 0.6) is 5.75 Å². The van der Waals surface area contributed by atoms with Crippen molar-refractivity contribution in [3.05, 3.63) is 65.0 Å². The van der Waals surface area contributed by atoms with Crippen LogP contribution in [-0.2, 0) is 4.79 Å². The number of para-hydroxylation sites is 1. The van der Waals surface area contributed by atoms with E-state index < -0.39 is 47.4 Å². The number of rotatable bonds is 6. The fraction of sp³-hybridized carbons (Fsp3) is 0.118. The average Bonchev–Trinajstić information content (AvgIpc) is 2.54. The summed E-state index contributed by atoms with van der Waals surface area (Å²) in [6.07, 6.45) is -0.475. The van der Waals surface area contributed by atoms with E-state index in [2.05, 4.69) is 5.32 Å². The number of aromatic hydroxyl groups is 1. The largest absolute Gasteiger partial charge is 0.506 e. The summed E-state index contributed by atoms with van der Waals surface area (Å²) in [6.45, 7) is 0. The molecule has 1 atom stereocenters. The standard InChI is InChI=1S/C17H14FNO6/c18-10-6-4-9(5-7-10)13(8-14(20)21)19-16(23)11-2-1-3-12(15(11)22)17(24)25/h1-7,13,22H,8H2,(H,19,23)(H,20,21)(H,24,25). The maximum absolute atomic E-state index is 13.0. The number of aliphatic carboxylic acids is 1. The number of carboxylic acid groups (broad SMARTS) is 2. The van der Waals surface area contributed by atoms with E-state index in [1.165, 1.54) is 24.3 Å². The van der Waals surface area contributed by atoms with Gasteiger partial charge in [0, 0.05) is 0 Å². The van der Waals surface area contributed by atoms with Crippen LogP contribution in [-0.4, -0.2) is 33.2 Å². The quantitative estimate of drug-likeness (QED) is 0.635. The smallest absolute Gasteiger partial charge is 0.339 e. The normalized spacial score (nSPS) is 11.6. The van der Waals surface area contributed by atoms with E-state index in [1.54, 1.807) is 0 Å². The summed E-state index contributed by atoms with van der Waals surface area (Å²) in [7, 11) is 0. The van der Waals surface area contributed by atoms with E-state index in [-0.39, 0.29) is 5.56 Å². The highest BCUT2D eigenvalue weighted by Crippen LogP contribution is 2.24. The van der Waals surface area contributed by atoms with Crippen molar-refractivity contribution in [3.63, 3.8) is 0 Å². The highest BCUT2D eigenvalue weighted by molar-refractivity contribution is 6.02. The summed E-state index contributed by atoms with van der Waals surface area (Å²) < 4.78 is 13.0. The van der Waals surface area contributed by atoms with Crippen molar-refractivity contribution in [2.45, 2.75) is 12.5 Å². The Morgan fingerprint density at radius 1 is 1.00 bits per heavy atom. The van der Waals surface area contributed by atoms with Gasteiger partial charge in [0.25, 0.3) is 5.91 Å². The highest BCUT2D eigenvalue weighted by Gasteiger charge is 2.23. The predicted octanol–water partition coefficient (Wildman–Crippen LogP) is 2.18. The Balaban J connectivity index is 2.31. The number of nitrogens with one attached hydrogen (secondary N) is 1. The molecule has 2 aromatic rings. The molecule has 130 valence electrons. The summed E-state index contributed by atoms with van der Waals surface area (Å²) >= 11 is 0. The molecule has 0 aliphatic heterocycles.